The van der Waals surface area contributed by atoms with Gasteiger partial charge in [0, 0.05) is 37.3 Å². The van der Waals surface area contributed by atoms with E-state index in [2.05, 4.69) is 22.1 Å². The minimum absolute atomic E-state index is 0.0590. The van der Waals surface area contributed by atoms with E-state index >= 15 is 0 Å². The normalized spacial score (nSPS) is 12.7. The first-order valence-corrected chi connectivity index (χ1v) is 6.81. The van der Waals surface area contributed by atoms with E-state index in [0.717, 1.165) is 35.3 Å². The average Bonchev–Trinajstić information content (AvgIpc) is 2.89. The standard InChI is InChI=1S/C16H18N4/c1-20-11-10-18-16(20)9-7-13(17)15-8-6-12-4-2-3-5-14(12)19-15/h2-6,8,10-11,13H,7,9,17H2,1H3. The summed E-state index contributed by atoms with van der Waals surface area (Å²) in [5, 5.41) is 1.15. The van der Waals surface area contributed by atoms with Crippen LogP contribution in [0, 0.1) is 0 Å². The Balaban J connectivity index is 1.75. The summed E-state index contributed by atoms with van der Waals surface area (Å²) in [5.74, 6) is 1.06. The van der Waals surface area contributed by atoms with Gasteiger partial charge in [0.15, 0.2) is 0 Å². The summed E-state index contributed by atoms with van der Waals surface area (Å²) in [5.41, 5.74) is 8.19. The molecular weight excluding hydrogens is 248 g/mol. The predicted molar refractivity (Wildman–Crippen MR) is 80.2 cm³/mol. The second-order valence-electron chi connectivity index (χ2n) is 5.03. The summed E-state index contributed by atoms with van der Waals surface area (Å²) >= 11 is 0. The third-order valence-corrected chi connectivity index (χ3v) is 3.60. The molecule has 0 saturated carbocycles. The first-order valence-electron chi connectivity index (χ1n) is 6.81. The van der Waals surface area contributed by atoms with E-state index in [4.69, 9.17) is 5.73 Å². The molecule has 0 aliphatic rings. The zero-order valence-electron chi connectivity index (χ0n) is 11.5. The first kappa shape index (κ1) is 12.8. The molecule has 0 spiro atoms. The fourth-order valence-electron chi connectivity index (χ4n) is 2.36. The average molecular weight is 266 g/mol. The van der Waals surface area contributed by atoms with Crippen molar-refractivity contribution in [3.8, 4) is 0 Å². The smallest absolute Gasteiger partial charge is 0.108 e. The minimum Gasteiger partial charge on any atom is -0.338 e. The first-order chi connectivity index (χ1) is 9.74. The van der Waals surface area contributed by atoms with Gasteiger partial charge in [0.25, 0.3) is 0 Å². The Bertz CT molecular complexity index is 717. The quantitative estimate of drug-likeness (QED) is 0.789. The molecule has 1 atom stereocenters. The van der Waals surface area contributed by atoms with Crippen LogP contribution in [0.1, 0.15) is 24.0 Å². The topological polar surface area (TPSA) is 56.7 Å². The summed E-state index contributed by atoms with van der Waals surface area (Å²) in [6, 6.07) is 12.1. The molecule has 1 unspecified atom stereocenters. The number of pyridine rings is 1. The number of nitrogens with zero attached hydrogens (tertiary/aromatic N) is 3. The number of hydrogen-bond donors (Lipinski definition) is 1. The maximum atomic E-state index is 6.25. The monoisotopic (exact) mass is 266 g/mol. The van der Waals surface area contributed by atoms with Crippen molar-refractivity contribution in [1.29, 1.82) is 0 Å². The number of hydrogen-bond acceptors (Lipinski definition) is 3. The fourth-order valence-corrected chi connectivity index (χ4v) is 2.36. The largest absolute Gasteiger partial charge is 0.338 e. The molecule has 20 heavy (non-hydrogen) atoms. The van der Waals surface area contributed by atoms with Gasteiger partial charge in [-0.1, -0.05) is 24.3 Å². The van der Waals surface area contributed by atoms with E-state index in [9.17, 15) is 0 Å². The Kier molecular flexibility index (Phi) is 3.48. The highest BCUT2D eigenvalue weighted by atomic mass is 15.0. The van der Waals surface area contributed by atoms with E-state index in [1.54, 1.807) is 0 Å². The van der Waals surface area contributed by atoms with Crippen molar-refractivity contribution in [2.24, 2.45) is 12.8 Å². The zero-order valence-corrected chi connectivity index (χ0v) is 11.5. The molecule has 102 valence electrons. The van der Waals surface area contributed by atoms with Gasteiger partial charge in [-0.15, -0.1) is 0 Å². The molecule has 0 radical (unpaired) electrons. The molecule has 3 rings (SSSR count). The van der Waals surface area contributed by atoms with Crippen molar-refractivity contribution in [1.82, 2.24) is 14.5 Å². The molecule has 0 aliphatic heterocycles. The highest BCUT2D eigenvalue weighted by Crippen LogP contribution is 2.18. The fraction of sp³-hybridized carbons (Fsp3) is 0.250. The van der Waals surface area contributed by atoms with Crippen molar-refractivity contribution in [2.45, 2.75) is 18.9 Å². The second kappa shape index (κ2) is 5.43. The third-order valence-electron chi connectivity index (χ3n) is 3.60. The van der Waals surface area contributed by atoms with Crippen molar-refractivity contribution in [2.75, 3.05) is 0 Å². The van der Waals surface area contributed by atoms with Gasteiger partial charge in [-0.05, 0) is 18.6 Å². The molecule has 1 aromatic carbocycles. The Hall–Kier alpha value is -2.20. The number of imidazole rings is 1. The lowest BCUT2D eigenvalue weighted by atomic mass is 10.1. The molecule has 2 heterocycles. The Morgan fingerprint density at radius 3 is 2.85 bits per heavy atom. The van der Waals surface area contributed by atoms with Gasteiger partial charge in [-0.3, -0.25) is 4.98 Å². The van der Waals surface area contributed by atoms with Crippen LogP contribution in [-0.4, -0.2) is 14.5 Å². The van der Waals surface area contributed by atoms with E-state index in [1.165, 1.54) is 0 Å². The summed E-state index contributed by atoms with van der Waals surface area (Å²) in [6.07, 6.45) is 5.47. The Labute approximate surface area is 118 Å². The lowest BCUT2D eigenvalue weighted by Crippen LogP contribution is -2.14. The maximum Gasteiger partial charge on any atom is 0.108 e. The lowest BCUT2D eigenvalue weighted by molar-refractivity contribution is 0.609. The van der Waals surface area contributed by atoms with E-state index in [0.29, 0.717) is 0 Å². The van der Waals surface area contributed by atoms with Gasteiger partial charge < -0.3 is 10.3 Å². The van der Waals surface area contributed by atoms with E-state index in [1.807, 2.05) is 48.3 Å². The van der Waals surface area contributed by atoms with Gasteiger partial charge in [0.2, 0.25) is 0 Å². The molecule has 2 N–H and O–H groups in total. The molecular formula is C16H18N4. The summed E-state index contributed by atoms with van der Waals surface area (Å²) in [4.78, 5) is 8.96. The number of rotatable bonds is 4. The second-order valence-corrected chi connectivity index (χ2v) is 5.03. The van der Waals surface area contributed by atoms with E-state index in [-0.39, 0.29) is 6.04 Å². The highest BCUT2D eigenvalue weighted by Gasteiger charge is 2.10. The van der Waals surface area contributed by atoms with Gasteiger partial charge in [-0.25, -0.2) is 4.98 Å². The van der Waals surface area contributed by atoms with Crippen LogP contribution in [0.2, 0.25) is 0 Å². The molecule has 2 aromatic heterocycles. The SMILES string of the molecule is Cn1ccnc1CCC(N)c1ccc2ccccc2n1. The lowest BCUT2D eigenvalue weighted by Gasteiger charge is -2.11. The molecule has 0 bridgehead atoms. The molecule has 3 aromatic rings. The summed E-state index contributed by atoms with van der Waals surface area (Å²) in [6.45, 7) is 0. The highest BCUT2D eigenvalue weighted by molar-refractivity contribution is 5.78. The Morgan fingerprint density at radius 1 is 1.20 bits per heavy atom. The van der Waals surface area contributed by atoms with Crippen LogP contribution in [-0.2, 0) is 13.5 Å². The van der Waals surface area contributed by atoms with Crippen LogP contribution in [0.5, 0.6) is 0 Å². The van der Waals surface area contributed by atoms with E-state index < -0.39 is 0 Å². The summed E-state index contributed by atoms with van der Waals surface area (Å²) < 4.78 is 2.03. The van der Waals surface area contributed by atoms with Crippen molar-refractivity contribution >= 4 is 10.9 Å². The van der Waals surface area contributed by atoms with Crippen LogP contribution < -0.4 is 5.73 Å². The van der Waals surface area contributed by atoms with Gasteiger partial charge in [0.1, 0.15) is 5.82 Å². The van der Waals surface area contributed by atoms with Gasteiger partial charge >= 0.3 is 0 Å². The molecule has 4 heteroatoms. The van der Waals surface area contributed by atoms with Gasteiger partial charge in [0.05, 0.1) is 11.2 Å². The number of fused-ring (bicyclic) bond motifs is 1. The van der Waals surface area contributed by atoms with Crippen LogP contribution in [0.15, 0.2) is 48.8 Å². The Morgan fingerprint density at radius 2 is 2.05 bits per heavy atom. The predicted octanol–water partition coefficient (Wildman–Crippen LogP) is 2.60. The minimum atomic E-state index is -0.0590. The van der Waals surface area contributed by atoms with Crippen LogP contribution in [0.3, 0.4) is 0 Å². The van der Waals surface area contributed by atoms with Crippen molar-refractivity contribution < 1.29 is 0 Å². The van der Waals surface area contributed by atoms with Crippen LogP contribution in [0.25, 0.3) is 10.9 Å². The van der Waals surface area contributed by atoms with Gasteiger partial charge in [-0.2, -0.15) is 0 Å². The molecule has 0 saturated heterocycles. The maximum absolute atomic E-state index is 6.25. The van der Waals surface area contributed by atoms with Crippen molar-refractivity contribution in [3.05, 3.63) is 60.3 Å². The molecule has 4 nitrogen and oxygen atoms in total. The number of para-hydroxylation sites is 1. The van der Waals surface area contributed by atoms with Crippen molar-refractivity contribution in [3.63, 3.8) is 0 Å². The van der Waals surface area contributed by atoms with Crippen LogP contribution in [0.4, 0.5) is 0 Å². The molecule has 0 amide bonds. The molecule has 0 fully saturated rings. The number of aryl methyl sites for hydroxylation is 2. The third kappa shape index (κ3) is 2.56. The number of aromatic nitrogens is 3. The summed E-state index contributed by atoms with van der Waals surface area (Å²) in [7, 11) is 2.00. The molecule has 0 aliphatic carbocycles. The van der Waals surface area contributed by atoms with Crippen LogP contribution >= 0.6 is 0 Å². The zero-order chi connectivity index (χ0) is 13.9. The number of nitrogens with two attached hydrogens (primary N) is 1. The number of benzene rings is 1.